The van der Waals surface area contributed by atoms with Gasteiger partial charge in [0.25, 0.3) is 0 Å². The van der Waals surface area contributed by atoms with Crippen molar-refractivity contribution in [2.45, 2.75) is 25.5 Å². The average molecular weight is 425 g/mol. The first-order valence-electron chi connectivity index (χ1n) is 9.94. The smallest absolute Gasteiger partial charge is 0.244 e. The van der Waals surface area contributed by atoms with Crippen LogP contribution < -0.4 is 14.8 Å². The molecule has 2 heterocycles. The number of nitrogens with one attached hydrogen (secondary N) is 1. The number of rotatable bonds is 8. The van der Waals surface area contributed by atoms with E-state index in [9.17, 15) is 4.79 Å². The molecule has 4 rings (SSSR count). The van der Waals surface area contributed by atoms with Gasteiger partial charge in [-0.15, -0.1) is 11.3 Å². The first-order valence-corrected chi connectivity index (χ1v) is 10.8. The minimum Gasteiger partial charge on any atom is -0.493 e. The molecule has 1 aliphatic heterocycles. The van der Waals surface area contributed by atoms with Crippen molar-refractivity contribution in [3.63, 3.8) is 0 Å². The Morgan fingerprint density at radius 1 is 1.30 bits per heavy atom. The first kappa shape index (κ1) is 20.4. The average Bonchev–Trinajstić information content (AvgIpc) is 3.44. The van der Waals surface area contributed by atoms with Gasteiger partial charge in [-0.1, -0.05) is 18.2 Å². The van der Waals surface area contributed by atoms with Crippen LogP contribution in [0.3, 0.4) is 0 Å². The lowest BCUT2D eigenvalue weighted by Gasteiger charge is -2.15. The van der Waals surface area contributed by atoms with Crippen LogP contribution in [-0.4, -0.2) is 37.3 Å². The van der Waals surface area contributed by atoms with Crippen LogP contribution in [0.1, 0.15) is 23.4 Å². The van der Waals surface area contributed by atoms with E-state index in [0.29, 0.717) is 24.7 Å². The molecule has 1 fully saturated rings. The maximum absolute atomic E-state index is 12.2. The van der Waals surface area contributed by atoms with Crippen LogP contribution in [0, 0.1) is 0 Å². The van der Waals surface area contributed by atoms with E-state index in [1.54, 1.807) is 24.5 Å². The van der Waals surface area contributed by atoms with Crippen molar-refractivity contribution in [2.75, 3.05) is 20.3 Å². The van der Waals surface area contributed by atoms with E-state index in [1.807, 2.05) is 42.5 Å². The molecule has 7 heteroatoms. The monoisotopic (exact) mass is 424 g/mol. The molecule has 1 unspecified atom stereocenters. The number of methoxy groups -OCH3 is 1. The summed E-state index contributed by atoms with van der Waals surface area (Å²) < 4.78 is 18.0. The van der Waals surface area contributed by atoms with Gasteiger partial charge in [0.05, 0.1) is 23.4 Å². The van der Waals surface area contributed by atoms with E-state index < -0.39 is 0 Å². The van der Waals surface area contributed by atoms with Gasteiger partial charge in [0.1, 0.15) is 11.6 Å². The highest BCUT2D eigenvalue weighted by atomic mass is 32.1. The molecule has 0 saturated carbocycles. The van der Waals surface area contributed by atoms with Gasteiger partial charge in [-0.25, -0.2) is 4.98 Å². The number of hydrogen-bond acceptors (Lipinski definition) is 6. The highest BCUT2D eigenvalue weighted by molar-refractivity contribution is 7.19. The van der Waals surface area contributed by atoms with Crippen LogP contribution in [-0.2, 0) is 16.1 Å². The number of para-hydroxylation sites is 1. The molecule has 1 atom stereocenters. The van der Waals surface area contributed by atoms with Crippen molar-refractivity contribution < 1.29 is 19.0 Å². The standard InChI is InChI=1S/C23H24N2O4S/c1-27-20-13-16(8-9-19(20)29-15-17-5-4-12-28-17)14-24-22(26)10-11-23-25-18-6-2-3-7-21(18)30-23/h2-3,6-11,13,17H,4-5,12,14-15H2,1H3,(H,24,26)/b11-10+. The molecule has 156 valence electrons. The van der Waals surface area contributed by atoms with Gasteiger partial charge >= 0.3 is 0 Å². The third-order valence-electron chi connectivity index (χ3n) is 4.83. The second-order valence-corrected chi connectivity index (χ2v) is 8.06. The van der Waals surface area contributed by atoms with Gasteiger partial charge in [0, 0.05) is 19.2 Å². The van der Waals surface area contributed by atoms with Gasteiger partial charge in [-0.2, -0.15) is 0 Å². The largest absolute Gasteiger partial charge is 0.493 e. The summed E-state index contributed by atoms with van der Waals surface area (Å²) in [6, 6.07) is 13.6. The molecule has 0 spiro atoms. The Bertz CT molecular complexity index is 1010. The van der Waals surface area contributed by atoms with Crippen LogP contribution >= 0.6 is 11.3 Å². The fraction of sp³-hybridized carbons (Fsp3) is 0.304. The van der Waals surface area contributed by atoms with Crippen LogP contribution in [0.2, 0.25) is 0 Å². The zero-order valence-corrected chi connectivity index (χ0v) is 17.6. The maximum Gasteiger partial charge on any atom is 0.244 e. The molecule has 30 heavy (non-hydrogen) atoms. The highest BCUT2D eigenvalue weighted by Gasteiger charge is 2.17. The van der Waals surface area contributed by atoms with Crippen molar-refractivity contribution in [1.82, 2.24) is 10.3 Å². The second kappa shape index (κ2) is 9.73. The van der Waals surface area contributed by atoms with Gasteiger partial charge in [0.15, 0.2) is 11.5 Å². The number of carbonyl (C=O) groups excluding carboxylic acids is 1. The minimum atomic E-state index is -0.174. The van der Waals surface area contributed by atoms with Crippen molar-refractivity contribution >= 4 is 33.5 Å². The number of nitrogens with zero attached hydrogens (tertiary/aromatic N) is 1. The lowest BCUT2D eigenvalue weighted by molar-refractivity contribution is -0.116. The molecule has 6 nitrogen and oxygen atoms in total. The van der Waals surface area contributed by atoms with Crippen LogP contribution in [0.15, 0.2) is 48.5 Å². The normalized spacial score (nSPS) is 16.2. The number of benzene rings is 2. The van der Waals surface area contributed by atoms with E-state index in [2.05, 4.69) is 10.3 Å². The quantitative estimate of drug-likeness (QED) is 0.549. The van der Waals surface area contributed by atoms with Gasteiger partial charge in [-0.05, 0) is 48.7 Å². The summed E-state index contributed by atoms with van der Waals surface area (Å²) in [6.07, 6.45) is 5.50. The molecule has 3 aromatic rings. The Kier molecular flexibility index (Phi) is 6.61. The highest BCUT2D eigenvalue weighted by Crippen LogP contribution is 2.29. The minimum absolute atomic E-state index is 0.149. The predicted molar refractivity (Wildman–Crippen MR) is 118 cm³/mol. The summed E-state index contributed by atoms with van der Waals surface area (Å²) >= 11 is 1.56. The summed E-state index contributed by atoms with van der Waals surface area (Å²) in [5.74, 6) is 1.15. The Morgan fingerprint density at radius 2 is 2.20 bits per heavy atom. The molecule has 0 radical (unpaired) electrons. The molecule has 2 aromatic carbocycles. The lowest BCUT2D eigenvalue weighted by Crippen LogP contribution is -2.20. The number of amides is 1. The first-order chi connectivity index (χ1) is 14.7. The van der Waals surface area contributed by atoms with E-state index in [1.165, 1.54) is 6.08 Å². The molecular formula is C23H24N2O4S. The molecular weight excluding hydrogens is 400 g/mol. The second-order valence-electron chi connectivity index (χ2n) is 7.00. The molecule has 0 aliphatic carbocycles. The maximum atomic E-state index is 12.2. The topological polar surface area (TPSA) is 69.7 Å². The van der Waals surface area contributed by atoms with Gasteiger partial charge in [0.2, 0.25) is 5.91 Å². The summed E-state index contributed by atoms with van der Waals surface area (Å²) in [4.78, 5) is 16.7. The zero-order valence-electron chi connectivity index (χ0n) is 16.8. The van der Waals surface area contributed by atoms with Crippen molar-refractivity contribution in [3.05, 3.63) is 59.1 Å². The predicted octanol–water partition coefficient (Wildman–Crippen LogP) is 4.19. The third kappa shape index (κ3) is 5.17. The number of thiazole rings is 1. The SMILES string of the molecule is COc1cc(CNC(=O)/C=C/c2nc3ccccc3s2)ccc1OCC1CCCO1. The van der Waals surface area contributed by atoms with Gasteiger partial charge < -0.3 is 19.5 Å². The number of ether oxygens (including phenoxy) is 3. The van der Waals surface area contributed by atoms with E-state index in [4.69, 9.17) is 14.2 Å². The Labute approximate surface area is 179 Å². The number of aromatic nitrogens is 1. The molecule has 0 bridgehead atoms. The Balaban J connectivity index is 1.31. The Hall–Kier alpha value is -2.90. The van der Waals surface area contributed by atoms with Crippen molar-refractivity contribution in [2.24, 2.45) is 0 Å². The third-order valence-corrected chi connectivity index (χ3v) is 5.83. The van der Waals surface area contributed by atoms with E-state index in [0.717, 1.165) is 40.2 Å². The summed E-state index contributed by atoms with van der Waals surface area (Å²) in [5, 5.41) is 3.69. The Morgan fingerprint density at radius 3 is 3.00 bits per heavy atom. The molecule has 1 amide bonds. The molecule has 1 saturated heterocycles. The van der Waals surface area contributed by atoms with Crippen molar-refractivity contribution in [1.29, 1.82) is 0 Å². The summed E-state index contributed by atoms with van der Waals surface area (Å²) in [5.41, 5.74) is 1.87. The van der Waals surface area contributed by atoms with Crippen LogP contribution in [0.4, 0.5) is 0 Å². The number of hydrogen-bond donors (Lipinski definition) is 1. The molecule has 1 N–H and O–H groups in total. The fourth-order valence-corrected chi connectivity index (χ4v) is 4.13. The van der Waals surface area contributed by atoms with E-state index >= 15 is 0 Å². The lowest BCUT2D eigenvalue weighted by atomic mass is 10.2. The summed E-state index contributed by atoms with van der Waals surface area (Å²) in [7, 11) is 1.61. The van der Waals surface area contributed by atoms with E-state index in [-0.39, 0.29) is 12.0 Å². The van der Waals surface area contributed by atoms with Crippen LogP contribution in [0.5, 0.6) is 11.5 Å². The fourth-order valence-electron chi connectivity index (χ4n) is 3.26. The van der Waals surface area contributed by atoms with Crippen molar-refractivity contribution in [3.8, 4) is 11.5 Å². The number of fused-ring (bicyclic) bond motifs is 1. The molecule has 1 aromatic heterocycles. The van der Waals surface area contributed by atoms with Gasteiger partial charge in [-0.3, -0.25) is 4.79 Å². The van der Waals surface area contributed by atoms with Crippen LogP contribution in [0.25, 0.3) is 16.3 Å². The molecule has 1 aliphatic rings. The zero-order chi connectivity index (χ0) is 20.8. The number of carbonyl (C=O) groups is 1. The summed E-state index contributed by atoms with van der Waals surface area (Å²) in [6.45, 7) is 1.71.